The number of hydrogen-bond donors (Lipinski definition) is 1. The molecule has 0 saturated heterocycles. The third-order valence-electron chi connectivity index (χ3n) is 7.08. The quantitative estimate of drug-likeness (QED) is 0.244. The number of hydrogen-bond acceptors (Lipinski definition) is 3. The minimum absolute atomic E-state index is 0.00595. The van der Waals surface area contributed by atoms with Crippen LogP contribution in [0.15, 0.2) is 102 Å². The van der Waals surface area contributed by atoms with E-state index in [1.54, 1.807) is 18.2 Å². The second-order valence-electron chi connectivity index (χ2n) is 11.0. The Kier molecular flexibility index (Phi) is 6.69. The summed E-state index contributed by atoms with van der Waals surface area (Å²) < 4.78 is 26.0. The van der Waals surface area contributed by atoms with E-state index in [4.69, 9.17) is 0 Å². The van der Waals surface area contributed by atoms with Crippen molar-refractivity contribution >= 4 is 26.7 Å². The number of para-hydroxylation sites is 1. The van der Waals surface area contributed by atoms with Gasteiger partial charge >= 0.3 is 5.97 Å². The van der Waals surface area contributed by atoms with Crippen molar-refractivity contribution in [2.24, 2.45) is 0 Å². The van der Waals surface area contributed by atoms with Crippen molar-refractivity contribution in [2.75, 3.05) is 6.26 Å². The van der Waals surface area contributed by atoms with Crippen LogP contribution in [0.25, 0.3) is 33.2 Å². The monoisotopic (exact) mass is 537 g/mol. The molecule has 0 saturated carbocycles. The molecular weight excluding hydrogens is 506 g/mol. The molecule has 0 aliphatic carbocycles. The van der Waals surface area contributed by atoms with E-state index in [9.17, 15) is 18.3 Å². The normalized spacial score (nSPS) is 12.1. The first kappa shape index (κ1) is 26.4. The first-order chi connectivity index (χ1) is 18.4. The summed E-state index contributed by atoms with van der Waals surface area (Å²) in [6, 6.07) is 30.6. The Morgan fingerprint density at radius 2 is 1.44 bits per heavy atom. The van der Waals surface area contributed by atoms with Gasteiger partial charge in [-0.25, -0.2) is 13.2 Å². The van der Waals surface area contributed by atoms with E-state index in [0.717, 1.165) is 33.2 Å². The van der Waals surface area contributed by atoms with Gasteiger partial charge in [0.15, 0.2) is 9.84 Å². The molecule has 0 aliphatic heterocycles. The largest absolute Gasteiger partial charge is 0.477 e. The van der Waals surface area contributed by atoms with E-state index in [1.165, 1.54) is 11.8 Å². The van der Waals surface area contributed by atoms with Crippen LogP contribution in [0.1, 0.15) is 42.4 Å². The molecular formula is C33H31NO4S. The highest BCUT2D eigenvalue weighted by molar-refractivity contribution is 7.90. The van der Waals surface area contributed by atoms with Gasteiger partial charge in [-0.15, -0.1) is 0 Å². The number of sulfone groups is 1. The van der Waals surface area contributed by atoms with Gasteiger partial charge in [0.05, 0.1) is 4.90 Å². The highest BCUT2D eigenvalue weighted by atomic mass is 32.2. The Morgan fingerprint density at radius 1 is 0.795 bits per heavy atom. The van der Waals surface area contributed by atoms with Gasteiger partial charge in [-0.2, -0.15) is 0 Å². The summed E-state index contributed by atoms with van der Waals surface area (Å²) in [5.41, 5.74) is 6.39. The number of carboxylic acid groups (broad SMARTS) is 1. The molecule has 0 fully saturated rings. The third-order valence-corrected chi connectivity index (χ3v) is 8.19. The van der Waals surface area contributed by atoms with Crippen LogP contribution in [-0.4, -0.2) is 30.3 Å². The van der Waals surface area contributed by atoms with Gasteiger partial charge in [-0.3, -0.25) is 0 Å². The molecule has 0 radical (unpaired) electrons. The van der Waals surface area contributed by atoms with Crippen molar-refractivity contribution in [1.29, 1.82) is 0 Å². The van der Waals surface area contributed by atoms with Gasteiger partial charge in [0, 0.05) is 29.3 Å². The number of rotatable bonds is 6. The fourth-order valence-electron chi connectivity index (χ4n) is 5.06. The summed E-state index contributed by atoms with van der Waals surface area (Å²) in [5, 5.41) is 11.3. The molecule has 0 atom stereocenters. The summed E-state index contributed by atoms with van der Waals surface area (Å²) in [5.74, 6) is -0.988. The van der Waals surface area contributed by atoms with E-state index >= 15 is 0 Å². The minimum atomic E-state index is -3.34. The highest BCUT2D eigenvalue weighted by Crippen LogP contribution is 2.37. The number of benzene rings is 4. The second-order valence-corrected chi connectivity index (χ2v) is 13.0. The fraction of sp³-hybridized carbons (Fsp3) is 0.182. The van der Waals surface area contributed by atoms with E-state index in [-0.39, 0.29) is 16.0 Å². The van der Waals surface area contributed by atoms with Crippen LogP contribution in [-0.2, 0) is 21.8 Å². The maximum Gasteiger partial charge on any atom is 0.353 e. The van der Waals surface area contributed by atoms with E-state index in [2.05, 4.69) is 32.9 Å². The van der Waals surface area contributed by atoms with Gasteiger partial charge in [0.2, 0.25) is 0 Å². The SMILES string of the molecule is CC(C)(C)c1ccc(-c2c(C(=O)O)n(Cc3cccc(-c4cccc(S(C)(=O)=O)c4)c3)c3ccccc23)cc1. The highest BCUT2D eigenvalue weighted by Gasteiger charge is 2.24. The van der Waals surface area contributed by atoms with Crippen molar-refractivity contribution in [1.82, 2.24) is 4.57 Å². The van der Waals surface area contributed by atoms with Crippen molar-refractivity contribution in [3.05, 3.63) is 114 Å². The van der Waals surface area contributed by atoms with E-state index in [0.29, 0.717) is 12.1 Å². The average Bonchev–Trinajstić information content (AvgIpc) is 3.22. The zero-order valence-corrected chi connectivity index (χ0v) is 23.3. The summed E-state index contributed by atoms with van der Waals surface area (Å²) >= 11 is 0. The van der Waals surface area contributed by atoms with Crippen molar-refractivity contribution in [2.45, 2.75) is 37.6 Å². The molecule has 0 amide bonds. The molecule has 1 heterocycles. The number of aromatic carboxylic acids is 1. The van der Waals surface area contributed by atoms with Crippen LogP contribution in [0.3, 0.4) is 0 Å². The van der Waals surface area contributed by atoms with Crippen LogP contribution in [0, 0.1) is 0 Å². The van der Waals surface area contributed by atoms with Crippen LogP contribution in [0.5, 0.6) is 0 Å². The van der Waals surface area contributed by atoms with Crippen molar-refractivity contribution in [3.63, 3.8) is 0 Å². The van der Waals surface area contributed by atoms with Gasteiger partial charge in [-0.1, -0.05) is 93.6 Å². The van der Waals surface area contributed by atoms with E-state index in [1.807, 2.05) is 71.3 Å². The molecule has 5 rings (SSSR count). The lowest BCUT2D eigenvalue weighted by Crippen LogP contribution is -2.11. The Labute approximate surface area is 229 Å². The predicted octanol–water partition coefficient (Wildman–Crippen LogP) is 7.42. The summed E-state index contributed by atoms with van der Waals surface area (Å²) in [6.45, 7) is 6.81. The van der Waals surface area contributed by atoms with Gasteiger partial charge < -0.3 is 9.67 Å². The van der Waals surface area contributed by atoms with Crippen LogP contribution < -0.4 is 0 Å². The smallest absolute Gasteiger partial charge is 0.353 e. The summed E-state index contributed by atoms with van der Waals surface area (Å²) in [4.78, 5) is 13.0. The minimum Gasteiger partial charge on any atom is -0.477 e. The molecule has 198 valence electrons. The lowest BCUT2D eigenvalue weighted by molar-refractivity contribution is 0.0687. The second kappa shape index (κ2) is 9.86. The number of fused-ring (bicyclic) bond motifs is 1. The van der Waals surface area contributed by atoms with Crippen LogP contribution >= 0.6 is 0 Å². The van der Waals surface area contributed by atoms with Crippen LogP contribution in [0.4, 0.5) is 0 Å². The first-order valence-corrected chi connectivity index (χ1v) is 14.7. The topological polar surface area (TPSA) is 76.4 Å². The molecule has 39 heavy (non-hydrogen) atoms. The molecule has 5 aromatic rings. The first-order valence-electron chi connectivity index (χ1n) is 12.8. The Bertz CT molecular complexity index is 1810. The number of carboxylic acids is 1. The molecule has 4 aromatic carbocycles. The zero-order valence-electron chi connectivity index (χ0n) is 22.5. The molecule has 1 aromatic heterocycles. The number of nitrogens with zero attached hydrogens (tertiary/aromatic N) is 1. The lowest BCUT2D eigenvalue weighted by atomic mass is 9.86. The Balaban J connectivity index is 1.62. The fourth-order valence-corrected chi connectivity index (χ4v) is 5.72. The predicted molar refractivity (Wildman–Crippen MR) is 157 cm³/mol. The summed E-state index contributed by atoms with van der Waals surface area (Å²) in [7, 11) is -3.34. The standard InChI is InChI=1S/C33H31NO4S/c1-33(2,3)26-17-15-23(16-18-26)30-28-13-5-6-14-29(28)34(31(30)32(35)36)21-22-9-7-10-24(19-22)25-11-8-12-27(20-25)39(4,37)38/h5-20H,21H2,1-4H3,(H,35,36). The Hall–Kier alpha value is -4.16. The molecule has 0 aliphatic rings. The number of aromatic nitrogens is 1. The van der Waals surface area contributed by atoms with Crippen molar-refractivity contribution < 1.29 is 18.3 Å². The van der Waals surface area contributed by atoms with Gasteiger partial charge in [0.25, 0.3) is 0 Å². The summed E-state index contributed by atoms with van der Waals surface area (Å²) in [6.07, 6.45) is 1.20. The zero-order chi connectivity index (χ0) is 27.9. The van der Waals surface area contributed by atoms with Crippen LogP contribution in [0.2, 0.25) is 0 Å². The van der Waals surface area contributed by atoms with Gasteiger partial charge in [0.1, 0.15) is 5.69 Å². The molecule has 5 nitrogen and oxygen atoms in total. The Morgan fingerprint density at radius 3 is 2.08 bits per heavy atom. The average molecular weight is 538 g/mol. The van der Waals surface area contributed by atoms with Crippen molar-refractivity contribution in [3.8, 4) is 22.3 Å². The molecule has 0 unspecified atom stereocenters. The lowest BCUT2D eigenvalue weighted by Gasteiger charge is -2.19. The van der Waals surface area contributed by atoms with E-state index < -0.39 is 15.8 Å². The molecule has 0 bridgehead atoms. The number of carbonyl (C=O) groups is 1. The maximum absolute atomic E-state index is 12.7. The van der Waals surface area contributed by atoms with Gasteiger partial charge in [-0.05, 0) is 57.5 Å². The maximum atomic E-state index is 12.7. The third kappa shape index (κ3) is 5.25. The molecule has 0 spiro atoms. The molecule has 6 heteroatoms. The molecule has 1 N–H and O–H groups in total.